The summed E-state index contributed by atoms with van der Waals surface area (Å²) >= 11 is 0. The van der Waals surface area contributed by atoms with E-state index in [1.807, 2.05) is 6.92 Å². The zero-order valence-electron chi connectivity index (χ0n) is 9.02. The second-order valence-corrected chi connectivity index (χ2v) is 3.91. The van der Waals surface area contributed by atoms with E-state index in [-0.39, 0.29) is 12.6 Å². The quantitative estimate of drug-likeness (QED) is 0.789. The van der Waals surface area contributed by atoms with Crippen LogP contribution in [0.3, 0.4) is 0 Å². The minimum absolute atomic E-state index is 0.217. The van der Waals surface area contributed by atoms with Gasteiger partial charge in [0.2, 0.25) is 5.89 Å². The normalized spacial score (nSPS) is 22.4. The van der Waals surface area contributed by atoms with Gasteiger partial charge in [-0.2, -0.15) is 4.98 Å². The largest absolute Gasteiger partial charge is 0.395 e. The fourth-order valence-corrected chi connectivity index (χ4v) is 1.98. The lowest BCUT2D eigenvalue weighted by molar-refractivity contribution is 0.141. The van der Waals surface area contributed by atoms with Gasteiger partial charge in [-0.1, -0.05) is 12.1 Å². The lowest BCUT2D eigenvalue weighted by atomic mass is 10.2. The predicted molar refractivity (Wildman–Crippen MR) is 54.2 cm³/mol. The van der Waals surface area contributed by atoms with Crippen LogP contribution in [0.15, 0.2) is 4.52 Å². The SMILES string of the molecule is CCc1noc(CN2CCCC2CO)n1. The summed E-state index contributed by atoms with van der Waals surface area (Å²) in [5.74, 6) is 1.41. The van der Waals surface area contributed by atoms with Crippen molar-refractivity contribution in [2.45, 2.75) is 38.8 Å². The van der Waals surface area contributed by atoms with Crippen LogP contribution in [-0.4, -0.2) is 39.3 Å². The van der Waals surface area contributed by atoms with E-state index in [0.29, 0.717) is 12.4 Å². The Labute approximate surface area is 89.1 Å². The Hall–Kier alpha value is -0.940. The summed E-state index contributed by atoms with van der Waals surface area (Å²) in [6.07, 6.45) is 3.00. The molecule has 1 fully saturated rings. The Morgan fingerprint density at radius 2 is 2.47 bits per heavy atom. The van der Waals surface area contributed by atoms with Crippen molar-refractivity contribution in [2.75, 3.05) is 13.2 Å². The van der Waals surface area contributed by atoms with Gasteiger partial charge < -0.3 is 9.63 Å². The highest BCUT2D eigenvalue weighted by atomic mass is 16.5. The molecule has 84 valence electrons. The van der Waals surface area contributed by atoms with Crippen molar-refractivity contribution in [1.29, 1.82) is 0 Å². The molecular formula is C10H17N3O2. The third kappa shape index (κ3) is 2.35. The van der Waals surface area contributed by atoms with E-state index in [2.05, 4.69) is 15.0 Å². The first-order valence-corrected chi connectivity index (χ1v) is 5.50. The molecule has 0 bridgehead atoms. The van der Waals surface area contributed by atoms with Crippen LogP contribution in [0.2, 0.25) is 0 Å². The number of likely N-dealkylation sites (tertiary alicyclic amines) is 1. The summed E-state index contributed by atoms with van der Waals surface area (Å²) in [5, 5.41) is 13.0. The van der Waals surface area contributed by atoms with Crippen molar-refractivity contribution < 1.29 is 9.63 Å². The third-order valence-electron chi connectivity index (χ3n) is 2.87. The second kappa shape index (κ2) is 4.72. The summed E-state index contributed by atoms with van der Waals surface area (Å²) < 4.78 is 5.13. The van der Waals surface area contributed by atoms with E-state index >= 15 is 0 Å². The molecular weight excluding hydrogens is 194 g/mol. The van der Waals surface area contributed by atoms with Crippen LogP contribution in [0.1, 0.15) is 31.5 Å². The Bertz CT molecular complexity index is 313. The van der Waals surface area contributed by atoms with Gasteiger partial charge in [-0.15, -0.1) is 0 Å². The van der Waals surface area contributed by atoms with Crippen LogP contribution < -0.4 is 0 Å². The molecule has 0 aliphatic carbocycles. The molecule has 15 heavy (non-hydrogen) atoms. The van der Waals surface area contributed by atoms with E-state index in [4.69, 9.17) is 9.63 Å². The predicted octanol–water partition coefficient (Wildman–Crippen LogP) is 0.589. The number of aromatic nitrogens is 2. The number of aliphatic hydroxyl groups excluding tert-OH is 1. The highest BCUT2D eigenvalue weighted by Gasteiger charge is 2.25. The van der Waals surface area contributed by atoms with Crippen LogP contribution in [0.25, 0.3) is 0 Å². The molecule has 0 radical (unpaired) electrons. The average molecular weight is 211 g/mol. The van der Waals surface area contributed by atoms with E-state index in [9.17, 15) is 0 Å². The van der Waals surface area contributed by atoms with Gasteiger partial charge in [0.1, 0.15) is 0 Å². The first-order chi connectivity index (χ1) is 7.33. The topological polar surface area (TPSA) is 62.4 Å². The van der Waals surface area contributed by atoms with Gasteiger partial charge in [-0.05, 0) is 19.4 Å². The molecule has 0 amide bonds. The van der Waals surface area contributed by atoms with E-state index in [1.54, 1.807) is 0 Å². The van der Waals surface area contributed by atoms with Crippen molar-refractivity contribution in [3.8, 4) is 0 Å². The smallest absolute Gasteiger partial charge is 0.240 e. The fraction of sp³-hybridized carbons (Fsp3) is 0.800. The van der Waals surface area contributed by atoms with Gasteiger partial charge in [-0.3, -0.25) is 4.90 Å². The van der Waals surface area contributed by atoms with Gasteiger partial charge in [0.25, 0.3) is 0 Å². The highest BCUT2D eigenvalue weighted by Crippen LogP contribution is 2.18. The number of aliphatic hydroxyl groups is 1. The molecule has 1 aliphatic heterocycles. The van der Waals surface area contributed by atoms with Gasteiger partial charge in [0.15, 0.2) is 5.82 Å². The van der Waals surface area contributed by atoms with Crippen molar-refractivity contribution >= 4 is 0 Å². The zero-order valence-corrected chi connectivity index (χ0v) is 9.02. The Balaban J connectivity index is 1.95. The maximum atomic E-state index is 9.16. The van der Waals surface area contributed by atoms with Gasteiger partial charge >= 0.3 is 0 Å². The van der Waals surface area contributed by atoms with Crippen LogP contribution in [0.5, 0.6) is 0 Å². The highest BCUT2D eigenvalue weighted by molar-refractivity contribution is 4.88. The summed E-state index contributed by atoms with van der Waals surface area (Å²) in [6, 6.07) is 0.266. The van der Waals surface area contributed by atoms with Crippen molar-refractivity contribution in [1.82, 2.24) is 15.0 Å². The minimum Gasteiger partial charge on any atom is -0.395 e. The lowest BCUT2D eigenvalue weighted by Crippen LogP contribution is -2.31. The van der Waals surface area contributed by atoms with Crippen LogP contribution in [-0.2, 0) is 13.0 Å². The Morgan fingerprint density at radius 3 is 3.13 bits per heavy atom. The average Bonchev–Trinajstić information content (AvgIpc) is 2.87. The summed E-state index contributed by atoms with van der Waals surface area (Å²) in [6.45, 7) is 3.89. The molecule has 1 aromatic rings. The lowest BCUT2D eigenvalue weighted by Gasteiger charge is -2.20. The molecule has 0 spiro atoms. The first-order valence-electron chi connectivity index (χ1n) is 5.50. The third-order valence-corrected chi connectivity index (χ3v) is 2.87. The molecule has 1 saturated heterocycles. The number of nitrogens with zero attached hydrogens (tertiary/aromatic N) is 3. The summed E-state index contributed by atoms with van der Waals surface area (Å²) in [4.78, 5) is 6.46. The standard InChI is InChI=1S/C10H17N3O2/c1-2-9-11-10(15-12-9)6-13-5-3-4-8(13)7-14/h8,14H,2-7H2,1H3. The van der Waals surface area contributed by atoms with Gasteiger partial charge in [0.05, 0.1) is 13.2 Å². The van der Waals surface area contributed by atoms with Gasteiger partial charge in [-0.25, -0.2) is 0 Å². The maximum Gasteiger partial charge on any atom is 0.240 e. The molecule has 1 aromatic heterocycles. The number of aryl methyl sites for hydroxylation is 1. The molecule has 5 heteroatoms. The van der Waals surface area contributed by atoms with Crippen LogP contribution in [0, 0.1) is 0 Å². The van der Waals surface area contributed by atoms with Crippen LogP contribution >= 0.6 is 0 Å². The minimum atomic E-state index is 0.217. The molecule has 5 nitrogen and oxygen atoms in total. The van der Waals surface area contributed by atoms with E-state index < -0.39 is 0 Å². The number of hydrogen-bond acceptors (Lipinski definition) is 5. The number of rotatable bonds is 4. The van der Waals surface area contributed by atoms with Crippen LogP contribution in [0.4, 0.5) is 0 Å². The Morgan fingerprint density at radius 1 is 1.60 bits per heavy atom. The number of hydrogen-bond donors (Lipinski definition) is 1. The Kier molecular flexibility index (Phi) is 3.33. The maximum absolute atomic E-state index is 9.16. The summed E-state index contributed by atoms with van der Waals surface area (Å²) in [5.41, 5.74) is 0. The van der Waals surface area contributed by atoms with Crippen molar-refractivity contribution in [3.63, 3.8) is 0 Å². The molecule has 1 aliphatic rings. The zero-order chi connectivity index (χ0) is 10.7. The summed E-state index contributed by atoms with van der Waals surface area (Å²) in [7, 11) is 0. The molecule has 1 N–H and O–H groups in total. The van der Waals surface area contributed by atoms with Crippen molar-refractivity contribution in [2.24, 2.45) is 0 Å². The molecule has 2 heterocycles. The van der Waals surface area contributed by atoms with Gasteiger partial charge in [0, 0.05) is 12.5 Å². The second-order valence-electron chi connectivity index (χ2n) is 3.91. The molecule has 1 atom stereocenters. The van der Waals surface area contributed by atoms with E-state index in [1.165, 1.54) is 0 Å². The fourth-order valence-electron chi connectivity index (χ4n) is 1.98. The molecule has 2 rings (SSSR count). The molecule has 0 aromatic carbocycles. The first kappa shape index (κ1) is 10.6. The monoisotopic (exact) mass is 211 g/mol. The van der Waals surface area contributed by atoms with E-state index in [0.717, 1.165) is 31.6 Å². The van der Waals surface area contributed by atoms with Crippen molar-refractivity contribution in [3.05, 3.63) is 11.7 Å². The molecule has 0 saturated carbocycles. The molecule has 1 unspecified atom stereocenters.